The first kappa shape index (κ1) is 28.0. The predicted octanol–water partition coefficient (Wildman–Crippen LogP) is 4.53. The maximum atomic E-state index is 14.6. The molecule has 13 heteroatoms. The lowest BCUT2D eigenvalue weighted by Crippen LogP contribution is -2.51. The van der Waals surface area contributed by atoms with Crippen LogP contribution in [0.1, 0.15) is 11.1 Å². The second kappa shape index (κ2) is 11.1. The average Bonchev–Trinajstić information content (AvgIpc) is 2.94. The van der Waals surface area contributed by atoms with Crippen LogP contribution in [0.5, 0.6) is 0 Å². The molecule has 8 nitrogen and oxygen atoms in total. The number of urea groups is 1. The van der Waals surface area contributed by atoms with Gasteiger partial charge in [0.1, 0.15) is 24.9 Å². The maximum Gasteiger partial charge on any atom is 0.547 e. The minimum absolute atomic E-state index is 0.00551. The maximum absolute atomic E-state index is 14.6. The van der Waals surface area contributed by atoms with Crippen LogP contribution in [0.2, 0.25) is 0 Å². The number of methoxy groups -OCH3 is 1. The van der Waals surface area contributed by atoms with Crippen molar-refractivity contribution in [3.8, 4) is 11.1 Å². The molecule has 210 valence electrons. The van der Waals surface area contributed by atoms with Crippen molar-refractivity contribution in [1.29, 1.82) is 0 Å². The van der Waals surface area contributed by atoms with E-state index in [4.69, 9.17) is 9.47 Å². The average molecular weight is 578 g/mol. The fourth-order valence-corrected chi connectivity index (χ4v) is 6.21. The van der Waals surface area contributed by atoms with E-state index in [9.17, 15) is 27.2 Å². The number of alkyl halides is 3. The molecule has 0 aliphatic carbocycles. The molecule has 0 atom stereocenters. The molecule has 3 heterocycles. The van der Waals surface area contributed by atoms with Gasteiger partial charge in [0.25, 0.3) is 5.84 Å². The van der Waals surface area contributed by atoms with Gasteiger partial charge >= 0.3 is 12.2 Å². The molecule has 0 saturated carbocycles. The van der Waals surface area contributed by atoms with Gasteiger partial charge in [-0.05, 0) is 29.8 Å². The molecule has 1 fully saturated rings. The number of halogens is 4. The van der Waals surface area contributed by atoms with Crippen LogP contribution in [0.4, 0.5) is 28.0 Å². The molecule has 0 unspecified atom stereocenters. The molecule has 0 bridgehead atoms. The van der Waals surface area contributed by atoms with E-state index >= 15 is 0 Å². The number of carbonyl (C=O) groups is 2. The van der Waals surface area contributed by atoms with Crippen molar-refractivity contribution >= 4 is 40.9 Å². The summed E-state index contributed by atoms with van der Waals surface area (Å²) in [6.45, 7) is 4.58. The molecule has 40 heavy (non-hydrogen) atoms. The zero-order valence-corrected chi connectivity index (χ0v) is 22.3. The van der Waals surface area contributed by atoms with Crippen molar-refractivity contribution in [3.05, 3.63) is 59.9 Å². The number of hydrogen-bond donors (Lipinski definition) is 0. The molecule has 0 radical (unpaired) electrons. The zero-order valence-electron chi connectivity index (χ0n) is 21.5. The Morgan fingerprint density at radius 3 is 2.52 bits per heavy atom. The Hall–Kier alpha value is -3.55. The van der Waals surface area contributed by atoms with Gasteiger partial charge in [0.15, 0.2) is 5.69 Å². The Kier molecular flexibility index (Phi) is 7.80. The molecule has 2 aromatic carbocycles. The van der Waals surface area contributed by atoms with Crippen LogP contribution in [0.3, 0.4) is 0 Å². The quantitative estimate of drug-likeness (QED) is 0.165. The molecule has 0 aromatic heterocycles. The fraction of sp³-hybridized carbons (Fsp3) is 0.333. The molecular formula is C27H25F4N4O4S+. The van der Waals surface area contributed by atoms with E-state index in [1.54, 1.807) is 9.80 Å². The number of hydrogen-bond acceptors (Lipinski definition) is 6. The Balaban J connectivity index is 1.71. The number of amides is 3. The van der Waals surface area contributed by atoms with Gasteiger partial charge in [-0.15, -0.1) is 11.8 Å². The lowest BCUT2D eigenvalue weighted by atomic mass is 9.93. The lowest BCUT2D eigenvalue weighted by Gasteiger charge is -2.36. The van der Waals surface area contributed by atoms with Crippen LogP contribution in [0.25, 0.3) is 11.1 Å². The SMILES string of the molecule is C=CC(=O)N1CCN(C2=NC(=O)[N+]3=C(COCOC)CSc4c(-c5ccc(F)cc5)c(C(F)(F)F)cc2c43)CC1. The highest BCUT2D eigenvalue weighted by Crippen LogP contribution is 2.50. The Morgan fingerprint density at radius 2 is 1.90 bits per heavy atom. The minimum atomic E-state index is -4.76. The van der Waals surface area contributed by atoms with Crippen LogP contribution >= 0.6 is 11.8 Å². The summed E-state index contributed by atoms with van der Waals surface area (Å²) < 4.78 is 69.3. The number of rotatable bonds is 6. The number of benzene rings is 2. The highest BCUT2D eigenvalue weighted by atomic mass is 32.2. The minimum Gasteiger partial charge on any atom is -0.359 e. The zero-order chi connectivity index (χ0) is 28.6. The second-order valence-corrected chi connectivity index (χ2v) is 10.2. The van der Waals surface area contributed by atoms with Crippen molar-refractivity contribution in [2.45, 2.75) is 11.1 Å². The molecule has 3 amide bonds. The number of carbonyl (C=O) groups excluding carboxylic acids is 2. The molecule has 3 aliphatic rings. The third-order valence-electron chi connectivity index (χ3n) is 6.79. The highest BCUT2D eigenvalue weighted by molar-refractivity contribution is 8.00. The van der Waals surface area contributed by atoms with E-state index in [1.807, 2.05) is 0 Å². The molecular weight excluding hydrogens is 552 g/mol. The molecule has 3 aliphatic heterocycles. The second-order valence-electron chi connectivity index (χ2n) is 9.21. The third-order valence-corrected chi connectivity index (χ3v) is 7.95. The monoisotopic (exact) mass is 577 g/mol. The van der Waals surface area contributed by atoms with Gasteiger partial charge in [-0.3, -0.25) is 4.79 Å². The van der Waals surface area contributed by atoms with Crippen LogP contribution < -0.4 is 0 Å². The number of nitrogens with zero attached hydrogens (tertiary/aromatic N) is 4. The smallest absolute Gasteiger partial charge is 0.359 e. The van der Waals surface area contributed by atoms with Gasteiger partial charge in [0, 0.05) is 43.8 Å². The number of thioether (sulfide) groups is 1. The van der Waals surface area contributed by atoms with E-state index in [-0.39, 0.29) is 71.3 Å². The third kappa shape index (κ3) is 5.16. The van der Waals surface area contributed by atoms with Gasteiger partial charge in [-0.2, -0.15) is 22.5 Å². The van der Waals surface area contributed by atoms with E-state index in [2.05, 4.69) is 11.6 Å². The van der Waals surface area contributed by atoms with E-state index in [0.29, 0.717) is 18.8 Å². The topological polar surface area (TPSA) is 74.5 Å². The van der Waals surface area contributed by atoms with E-state index < -0.39 is 23.6 Å². The summed E-state index contributed by atoms with van der Waals surface area (Å²) in [5.74, 6) is -0.550. The molecule has 2 aromatic rings. The van der Waals surface area contributed by atoms with Gasteiger partial charge in [-0.1, -0.05) is 18.7 Å². The summed E-state index contributed by atoms with van der Waals surface area (Å²) >= 11 is 1.15. The normalized spacial score (nSPS) is 17.1. The van der Waals surface area contributed by atoms with Crippen LogP contribution in [0.15, 0.2) is 52.9 Å². The van der Waals surface area contributed by atoms with E-state index in [0.717, 1.165) is 30.0 Å². The first-order valence-corrected chi connectivity index (χ1v) is 13.3. The van der Waals surface area contributed by atoms with Gasteiger partial charge in [0.05, 0.1) is 21.8 Å². The Bertz CT molecular complexity index is 1430. The molecule has 0 N–H and O–H groups in total. The largest absolute Gasteiger partial charge is 0.547 e. The van der Waals surface area contributed by atoms with Crippen LogP contribution in [-0.2, 0) is 20.4 Å². The first-order chi connectivity index (χ1) is 19.1. The predicted molar refractivity (Wildman–Crippen MR) is 141 cm³/mol. The summed E-state index contributed by atoms with van der Waals surface area (Å²) in [4.78, 5) is 33.3. The van der Waals surface area contributed by atoms with Crippen molar-refractivity contribution in [1.82, 2.24) is 9.80 Å². The number of aliphatic imine (C=N–C) groups is 1. The summed E-state index contributed by atoms with van der Waals surface area (Å²) in [6, 6.07) is 5.15. The summed E-state index contributed by atoms with van der Waals surface area (Å²) in [5.41, 5.74) is 0.0586. The summed E-state index contributed by atoms with van der Waals surface area (Å²) in [5, 5.41) is 0. The Labute approximate surface area is 231 Å². The Morgan fingerprint density at radius 1 is 1.20 bits per heavy atom. The van der Waals surface area contributed by atoms with Crippen LogP contribution in [-0.4, -0.2) is 90.3 Å². The fourth-order valence-electron chi connectivity index (χ4n) is 4.98. The molecule has 0 spiro atoms. The number of ether oxygens (including phenoxy) is 2. The first-order valence-electron chi connectivity index (χ1n) is 12.3. The summed E-state index contributed by atoms with van der Waals surface area (Å²) in [7, 11) is 1.45. The van der Waals surface area contributed by atoms with Crippen molar-refractivity contribution < 1.29 is 41.2 Å². The molecule has 1 saturated heterocycles. The summed E-state index contributed by atoms with van der Waals surface area (Å²) in [6.07, 6.45) is -3.55. The van der Waals surface area contributed by atoms with Crippen LogP contribution in [0, 0.1) is 5.82 Å². The highest BCUT2D eigenvalue weighted by Gasteiger charge is 2.47. The van der Waals surface area contributed by atoms with Crippen molar-refractivity contribution in [3.63, 3.8) is 0 Å². The van der Waals surface area contributed by atoms with Crippen molar-refractivity contribution in [2.75, 3.05) is 52.4 Å². The standard InChI is InChI=1S/C27H25F4N4O4S/c1-3-21(36)33-8-10-34(11-9-33)25-19-12-20(27(29,30)31)22(16-4-6-17(28)7-5-16)24-23(19)35(26(37)32-25)18(14-40-24)13-39-15-38-2/h3-7,12H,1,8-11,13-15H2,2H3/q+1. The lowest BCUT2D eigenvalue weighted by molar-refractivity contribution is -0.338. The number of piperazine rings is 1. The van der Waals surface area contributed by atoms with E-state index in [1.165, 1.54) is 29.9 Å². The van der Waals surface area contributed by atoms with Gasteiger partial charge in [0.2, 0.25) is 5.91 Å². The number of amidine groups is 1. The van der Waals surface area contributed by atoms with Gasteiger partial charge < -0.3 is 19.3 Å². The molecule has 5 rings (SSSR count). The van der Waals surface area contributed by atoms with Crippen molar-refractivity contribution in [2.24, 2.45) is 4.99 Å². The van der Waals surface area contributed by atoms with Gasteiger partial charge in [-0.25, -0.2) is 4.39 Å².